The number of hydrogen-bond acceptors (Lipinski definition) is 3. The summed E-state index contributed by atoms with van der Waals surface area (Å²) >= 11 is 0. The minimum absolute atomic E-state index is 0.129. The van der Waals surface area contributed by atoms with Crippen molar-refractivity contribution in [3.63, 3.8) is 0 Å². The second kappa shape index (κ2) is 8.06. The number of nitrogens with zero attached hydrogens (tertiary/aromatic N) is 2. The molecule has 6 nitrogen and oxygen atoms in total. The van der Waals surface area contributed by atoms with Crippen LogP contribution in [-0.4, -0.2) is 69.3 Å². The van der Waals surface area contributed by atoms with Crippen molar-refractivity contribution in [2.75, 3.05) is 45.8 Å². The molecule has 144 valence electrons. The highest BCUT2D eigenvalue weighted by Gasteiger charge is 2.36. The van der Waals surface area contributed by atoms with E-state index in [4.69, 9.17) is 0 Å². The van der Waals surface area contributed by atoms with Crippen molar-refractivity contribution < 1.29 is 18.1 Å². The van der Waals surface area contributed by atoms with E-state index in [1.165, 1.54) is 9.21 Å². The molecule has 2 aliphatic rings. The highest BCUT2D eigenvalue weighted by atomic mass is 32.2. The van der Waals surface area contributed by atoms with E-state index in [0.29, 0.717) is 18.0 Å². The van der Waals surface area contributed by atoms with E-state index >= 15 is 0 Å². The molecule has 0 aliphatic carbocycles. The molecule has 0 unspecified atom stereocenters. The van der Waals surface area contributed by atoms with Crippen molar-refractivity contribution in [2.45, 2.75) is 31.6 Å². The van der Waals surface area contributed by atoms with Gasteiger partial charge in [-0.1, -0.05) is 17.7 Å². The smallest absolute Gasteiger partial charge is 0.243 e. The fourth-order valence-electron chi connectivity index (χ4n) is 3.88. The summed E-state index contributed by atoms with van der Waals surface area (Å²) in [7, 11) is -3.53. The molecule has 3 rings (SSSR count). The number of carbonyl (C=O) groups is 1. The molecule has 1 atom stereocenters. The number of aryl methyl sites for hydroxylation is 1. The van der Waals surface area contributed by atoms with E-state index in [2.05, 4.69) is 6.92 Å². The van der Waals surface area contributed by atoms with Crippen LogP contribution >= 0.6 is 0 Å². The summed E-state index contributed by atoms with van der Waals surface area (Å²) in [5.74, 6) is -0.0869. The van der Waals surface area contributed by atoms with Crippen molar-refractivity contribution >= 4 is 15.9 Å². The number of likely N-dealkylation sites (N-methyl/N-ethyl adjacent to an activating group) is 1. The third kappa shape index (κ3) is 4.10. The van der Waals surface area contributed by atoms with Gasteiger partial charge in [0.25, 0.3) is 0 Å². The van der Waals surface area contributed by atoms with E-state index in [0.717, 1.165) is 51.1 Å². The van der Waals surface area contributed by atoms with Gasteiger partial charge in [0.15, 0.2) is 0 Å². The van der Waals surface area contributed by atoms with Gasteiger partial charge in [-0.2, -0.15) is 4.31 Å². The Bertz CT molecular complexity index is 725. The lowest BCUT2D eigenvalue weighted by molar-refractivity contribution is -0.902. The number of carbonyl (C=O) groups excluding carboxylic acids is 1. The van der Waals surface area contributed by atoms with Gasteiger partial charge in [-0.25, -0.2) is 8.42 Å². The van der Waals surface area contributed by atoms with Crippen LogP contribution in [0.15, 0.2) is 29.2 Å². The normalized spacial score (nSPS) is 23.2. The third-order valence-electron chi connectivity index (χ3n) is 5.67. The molecule has 1 amide bonds. The molecular formula is C19H30N3O3S+. The molecule has 0 aromatic heterocycles. The first-order chi connectivity index (χ1) is 12.4. The first-order valence-electron chi connectivity index (χ1n) is 9.61. The Labute approximate surface area is 156 Å². The van der Waals surface area contributed by atoms with Crippen LogP contribution in [0.4, 0.5) is 0 Å². The first kappa shape index (κ1) is 19.3. The number of rotatable bonds is 4. The number of piperidine rings is 1. The maximum absolute atomic E-state index is 12.9. The van der Waals surface area contributed by atoms with Gasteiger partial charge in [-0.05, 0) is 38.8 Å². The van der Waals surface area contributed by atoms with E-state index in [1.807, 2.05) is 24.0 Å². The molecule has 0 saturated carbocycles. The second-order valence-electron chi connectivity index (χ2n) is 7.44. The van der Waals surface area contributed by atoms with Gasteiger partial charge in [-0.15, -0.1) is 0 Å². The number of hydrogen-bond donors (Lipinski definition) is 1. The zero-order chi connectivity index (χ0) is 18.7. The standard InChI is InChI=1S/C19H29N3O3S/c1-3-20-11-13-21(14-12-20)19(23)17-5-4-10-22(15-17)26(24,25)18-8-6-16(2)7-9-18/h6-9,17H,3-5,10-15H2,1-2H3/p+1/t17-/m0/s1. The molecular weight excluding hydrogens is 350 g/mol. The molecule has 2 saturated heterocycles. The predicted molar refractivity (Wildman–Crippen MR) is 100 cm³/mol. The maximum Gasteiger partial charge on any atom is 0.243 e. The zero-order valence-corrected chi connectivity index (χ0v) is 16.6. The van der Waals surface area contributed by atoms with Crippen LogP contribution in [0.1, 0.15) is 25.3 Å². The summed E-state index contributed by atoms with van der Waals surface area (Å²) in [6.07, 6.45) is 1.52. The zero-order valence-electron chi connectivity index (χ0n) is 15.8. The molecule has 1 N–H and O–H groups in total. The van der Waals surface area contributed by atoms with Crippen LogP contribution < -0.4 is 4.90 Å². The average molecular weight is 381 g/mol. The van der Waals surface area contributed by atoms with Crippen LogP contribution in [0, 0.1) is 12.8 Å². The molecule has 7 heteroatoms. The Hall–Kier alpha value is -1.44. The number of benzene rings is 1. The molecule has 0 spiro atoms. The largest absolute Gasteiger partial charge is 0.332 e. The van der Waals surface area contributed by atoms with E-state index in [1.54, 1.807) is 12.1 Å². The van der Waals surface area contributed by atoms with E-state index < -0.39 is 10.0 Å². The highest BCUT2D eigenvalue weighted by Crippen LogP contribution is 2.25. The van der Waals surface area contributed by atoms with E-state index in [9.17, 15) is 13.2 Å². The van der Waals surface area contributed by atoms with Crippen LogP contribution in [0.2, 0.25) is 0 Å². The topological polar surface area (TPSA) is 62.1 Å². The molecule has 26 heavy (non-hydrogen) atoms. The summed E-state index contributed by atoms with van der Waals surface area (Å²) in [5, 5.41) is 0. The van der Waals surface area contributed by atoms with Gasteiger partial charge in [0.1, 0.15) is 0 Å². The van der Waals surface area contributed by atoms with Gasteiger partial charge in [0.05, 0.1) is 43.5 Å². The molecule has 2 heterocycles. The fourth-order valence-corrected chi connectivity index (χ4v) is 5.40. The first-order valence-corrected chi connectivity index (χ1v) is 11.0. The van der Waals surface area contributed by atoms with E-state index in [-0.39, 0.29) is 11.8 Å². The summed E-state index contributed by atoms with van der Waals surface area (Å²) in [4.78, 5) is 16.7. The average Bonchev–Trinajstić information content (AvgIpc) is 2.68. The third-order valence-corrected chi connectivity index (χ3v) is 7.55. The van der Waals surface area contributed by atoms with Gasteiger partial charge >= 0.3 is 0 Å². The molecule has 1 aromatic carbocycles. The van der Waals surface area contributed by atoms with Crippen LogP contribution in [0.25, 0.3) is 0 Å². The lowest BCUT2D eigenvalue weighted by Crippen LogP contribution is -3.14. The molecule has 2 aliphatic heterocycles. The Morgan fingerprint density at radius 3 is 2.42 bits per heavy atom. The van der Waals surface area contributed by atoms with Crippen LogP contribution in [0.5, 0.6) is 0 Å². The summed E-state index contributed by atoms with van der Waals surface area (Å²) in [6.45, 7) is 9.53. The Morgan fingerprint density at radius 1 is 1.15 bits per heavy atom. The molecule has 1 aromatic rings. The minimum Gasteiger partial charge on any atom is -0.332 e. The van der Waals surface area contributed by atoms with Gasteiger partial charge in [0, 0.05) is 13.1 Å². The number of quaternary nitrogens is 1. The van der Waals surface area contributed by atoms with Gasteiger partial charge in [-0.3, -0.25) is 4.79 Å². The summed E-state index contributed by atoms with van der Waals surface area (Å²) < 4.78 is 27.3. The lowest BCUT2D eigenvalue weighted by Gasteiger charge is -2.37. The summed E-state index contributed by atoms with van der Waals surface area (Å²) in [6, 6.07) is 6.94. The number of piperazine rings is 1. The van der Waals surface area contributed by atoms with Crippen molar-refractivity contribution in [1.29, 1.82) is 0 Å². The highest BCUT2D eigenvalue weighted by molar-refractivity contribution is 7.89. The number of amides is 1. The summed E-state index contributed by atoms with van der Waals surface area (Å²) in [5.41, 5.74) is 1.03. The van der Waals surface area contributed by atoms with Crippen molar-refractivity contribution in [3.05, 3.63) is 29.8 Å². The molecule has 0 bridgehead atoms. The van der Waals surface area contributed by atoms with Crippen LogP contribution in [-0.2, 0) is 14.8 Å². The maximum atomic E-state index is 12.9. The number of nitrogens with one attached hydrogen (secondary N) is 1. The Balaban J connectivity index is 1.67. The molecule has 0 radical (unpaired) electrons. The van der Waals surface area contributed by atoms with Crippen molar-refractivity contribution in [1.82, 2.24) is 9.21 Å². The molecule has 2 fully saturated rings. The second-order valence-corrected chi connectivity index (χ2v) is 9.38. The van der Waals surface area contributed by atoms with Crippen molar-refractivity contribution in [2.24, 2.45) is 5.92 Å². The van der Waals surface area contributed by atoms with Crippen LogP contribution in [0.3, 0.4) is 0 Å². The van der Waals surface area contributed by atoms with Gasteiger partial charge in [0.2, 0.25) is 15.9 Å². The fraction of sp³-hybridized carbons (Fsp3) is 0.632. The lowest BCUT2D eigenvalue weighted by atomic mass is 9.98. The van der Waals surface area contributed by atoms with Gasteiger partial charge < -0.3 is 9.80 Å². The minimum atomic E-state index is -3.53. The SMILES string of the molecule is CC[NH+]1CCN(C(=O)[C@H]2CCCN(S(=O)(=O)c3ccc(C)cc3)C2)CC1. The van der Waals surface area contributed by atoms with Crippen molar-refractivity contribution in [3.8, 4) is 0 Å². The Kier molecular flexibility index (Phi) is 5.99. The number of sulfonamides is 1. The quantitative estimate of drug-likeness (QED) is 0.809. The Morgan fingerprint density at radius 2 is 1.81 bits per heavy atom. The monoisotopic (exact) mass is 380 g/mol. The predicted octanol–water partition coefficient (Wildman–Crippen LogP) is 0.143.